The molecule has 3 N–H and O–H groups in total. The summed E-state index contributed by atoms with van der Waals surface area (Å²) < 4.78 is 0. The van der Waals surface area contributed by atoms with Crippen molar-refractivity contribution in [2.24, 2.45) is 0 Å². The first-order valence-corrected chi connectivity index (χ1v) is 3.31. The van der Waals surface area contributed by atoms with Crippen molar-refractivity contribution in [3.05, 3.63) is 11.9 Å². The van der Waals surface area contributed by atoms with Crippen molar-refractivity contribution >= 4 is 5.97 Å². The van der Waals surface area contributed by atoms with E-state index in [0.29, 0.717) is 18.8 Å². The van der Waals surface area contributed by atoms with E-state index in [-0.39, 0.29) is 6.42 Å². The van der Waals surface area contributed by atoms with Crippen molar-refractivity contribution in [3.8, 4) is 0 Å². The highest BCUT2D eigenvalue weighted by molar-refractivity contribution is 5.67. The van der Waals surface area contributed by atoms with Crippen LogP contribution in [0.15, 0.2) is 11.9 Å². The van der Waals surface area contributed by atoms with Crippen LogP contribution in [0.3, 0.4) is 0 Å². The van der Waals surface area contributed by atoms with Crippen molar-refractivity contribution in [3.63, 3.8) is 0 Å². The van der Waals surface area contributed by atoms with Crippen LogP contribution < -0.4 is 5.32 Å². The number of hydroxylamine groups is 2. The van der Waals surface area contributed by atoms with Crippen molar-refractivity contribution in [2.75, 3.05) is 6.67 Å². The van der Waals surface area contributed by atoms with Crippen molar-refractivity contribution in [1.29, 1.82) is 0 Å². The highest BCUT2D eigenvalue weighted by Crippen LogP contribution is 2.10. The van der Waals surface area contributed by atoms with E-state index < -0.39 is 5.97 Å². The minimum Gasteiger partial charge on any atom is -0.481 e. The van der Waals surface area contributed by atoms with E-state index in [4.69, 9.17) is 10.3 Å². The first-order chi connectivity index (χ1) is 5.20. The number of nitrogens with zero attached hydrogens (tertiary/aromatic N) is 1. The molecule has 0 aliphatic carbocycles. The van der Waals surface area contributed by atoms with Gasteiger partial charge >= 0.3 is 5.97 Å². The fourth-order valence-electron chi connectivity index (χ4n) is 0.862. The monoisotopic (exact) mass is 158 g/mol. The largest absolute Gasteiger partial charge is 0.481 e. The summed E-state index contributed by atoms with van der Waals surface area (Å²) >= 11 is 0. The number of allylic oxidation sites excluding steroid dienone is 1. The van der Waals surface area contributed by atoms with Gasteiger partial charge in [0.15, 0.2) is 0 Å². The minimum atomic E-state index is -0.855. The van der Waals surface area contributed by atoms with Gasteiger partial charge in [-0.1, -0.05) is 0 Å². The number of rotatable bonds is 3. The molecule has 0 unspecified atom stereocenters. The Kier molecular flexibility index (Phi) is 2.32. The molecule has 1 aliphatic heterocycles. The lowest BCUT2D eigenvalue weighted by Crippen LogP contribution is -2.19. The molecule has 0 spiro atoms. The van der Waals surface area contributed by atoms with E-state index in [2.05, 4.69) is 5.32 Å². The number of carboxylic acid groups (broad SMARTS) is 1. The van der Waals surface area contributed by atoms with E-state index >= 15 is 0 Å². The summed E-state index contributed by atoms with van der Waals surface area (Å²) in [5, 5.41) is 21.1. The van der Waals surface area contributed by atoms with Crippen LogP contribution >= 0.6 is 0 Å². The Balaban J connectivity index is 2.31. The molecule has 0 radical (unpaired) electrons. The highest BCUT2D eigenvalue weighted by Gasteiger charge is 2.12. The van der Waals surface area contributed by atoms with E-state index in [9.17, 15) is 4.79 Å². The van der Waals surface area contributed by atoms with Gasteiger partial charge in [-0.2, -0.15) is 0 Å². The number of aliphatic carboxylic acids is 1. The topological polar surface area (TPSA) is 72.8 Å². The molecule has 0 aromatic rings. The quantitative estimate of drug-likeness (QED) is 0.536. The standard InChI is InChI=1S/C6H10N2O3/c9-6(10)2-1-5-3-7-4-8(5)11/h3,7,11H,1-2,4H2,(H,9,10). The molecule has 0 amide bonds. The second-order valence-electron chi connectivity index (χ2n) is 2.29. The second kappa shape index (κ2) is 3.25. The van der Waals surface area contributed by atoms with Gasteiger partial charge in [0.05, 0.1) is 12.1 Å². The summed E-state index contributed by atoms with van der Waals surface area (Å²) in [5.74, 6) is -0.855. The second-order valence-corrected chi connectivity index (χ2v) is 2.29. The summed E-state index contributed by atoms with van der Waals surface area (Å²) in [5.41, 5.74) is 0.618. The summed E-state index contributed by atoms with van der Waals surface area (Å²) in [4.78, 5) is 10.1. The van der Waals surface area contributed by atoms with Crippen LogP contribution in [0.4, 0.5) is 0 Å². The number of nitrogens with one attached hydrogen (secondary N) is 1. The Morgan fingerprint density at radius 1 is 1.82 bits per heavy atom. The molecule has 0 bridgehead atoms. The Morgan fingerprint density at radius 3 is 3.00 bits per heavy atom. The van der Waals surface area contributed by atoms with Crippen LogP contribution in [0.2, 0.25) is 0 Å². The van der Waals surface area contributed by atoms with Gasteiger partial charge in [-0.3, -0.25) is 10.0 Å². The van der Waals surface area contributed by atoms with Crippen LogP contribution in [0.25, 0.3) is 0 Å². The third kappa shape index (κ3) is 2.12. The van der Waals surface area contributed by atoms with Gasteiger partial charge < -0.3 is 10.4 Å². The summed E-state index contributed by atoms with van der Waals surface area (Å²) in [6, 6.07) is 0. The zero-order chi connectivity index (χ0) is 8.27. The van der Waals surface area contributed by atoms with Crippen molar-refractivity contribution in [2.45, 2.75) is 12.8 Å². The first kappa shape index (κ1) is 7.87. The molecule has 0 fully saturated rings. The molecule has 5 heteroatoms. The molecule has 62 valence electrons. The number of hydrogen-bond acceptors (Lipinski definition) is 4. The lowest BCUT2D eigenvalue weighted by molar-refractivity contribution is -0.137. The van der Waals surface area contributed by atoms with Crippen LogP contribution in [0.5, 0.6) is 0 Å². The third-order valence-electron chi connectivity index (χ3n) is 1.44. The maximum atomic E-state index is 10.1. The smallest absolute Gasteiger partial charge is 0.303 e. The molecule has 0 aromatic heterocycles. The Morgan fingerprint density at radius 2 is 2.55 bits per heavy atom. The molecule has 11 heavy (non-hydrogen) atoms. The summed E-state index contributed by atoms with van der Waals surface area (Å²) in [6.07, 6.45) is 2.02. The summed E-state index contributed by atoms with van der Waals surface area (Å²) in [7, 11) is 0. The Labute approximate surface area is 63.9 Å². The van der Waals surface area contributed by atoms with E-state index in [0.717, 1.165) is 5.06 Å². The van der Waals surface area contributed by atoms with Gasteiger partial charge in [0, 0.05) is 12.6 Å². The molecule has 1 aliphatic rings. The van der Waals surface area contributed by atoms with Crippen molar-refractivity contribution in [1.82, 2.24) is 10.4 Å². The van der Waals surface area contributed by atoms with Gasteiger partial charge in [-0.15, -0.1) is 0 Å². The fraction of sp³-hybridized carbons (Fsp3) is 0.500. The predicted molar refractivity (Wildman–Crippen MR) is 36.6 cm³/mol. The van der Waals surface area contributed by atoms with Crippen molar-refractivity contribution < 1.29 is 15.1 Å². The van der Waals surface area contributed by atoms with Gasteiger partial charge in [-0.25, -0.2) is 5.06 Å². The number of carbonyl (C=O) groups is 1. The van der Waals surface area contributed by atoms with Crippen LogP contribution in [0, 0.1) is 0 Å². The predicted octanol–water partition coefficient (Wildman–Crippen LogP) is -0.0555. The molecule has 1 rings (SSSR count). The molecule has 1 heterocycles. The first-order valence-electron chi connectivity index (χ1n) is 3.31. The van der Waals surface area contributed by atoms with Gasteiger partial charge in [0.1, 0.15) is 6.67 Å². The van der Waals surface area contributed by atoms with E-state index in [1.165, 1.54) is 0 Å². The Bertz CT molecular complexity index is 190. The number of hydrogen-bond donors (Lipinski definition) is 3. The minimum absolute atomic E-state index is 0.0462. The average Bonchev–Trinajstić information content (AvgIpc) is 2.31. The van der Waals surface area contributed by atoms with Crippen LogP contribution in [-0.2, 0) is 4.79 Å². The van der Waals surface area contributed by atoms with E-state index in [1.807, 2.05) is 0 Å². The SMILES string of the molecule is O=C(O)CCC1=CNCN1O. The van der Waals surface area contributed by atoms with Gasteiger partial charge in [0.25, 0.3) is 0 Å². The third-order valence-corrected chi connectivity index (χ3v) is 1.44. The molecule has 0 saturated heterocycles. The van der Waals surface area contributed by atoms with Gasteiger partial charge in [0.2, 0.25) is 0 Å². The normalized spacial score (nSPS) is 16.1. The van der Waals surface area contributed by atoms with Gasteiger partial charge in [-0.05, 0) is 0 Å². The molecule has 0 saturated carbocycles. The van der Waals surface area contributed by atoms with E-state index in [1.54, 1.807) is 6.20 Å². The summed E-state index contributed by atoms with van der Waals surface area (Å²) in [6.45, 7) is 0.342. The zero-order valence-electron chi connectivity index (χ0n) is 5.95. The Hall–Kier alpha value is -1.23. The maximum Gasteiger partial charge on any atom is 0.303 e. The zero-order valence-corrected chi connectivity index (χ0v) is 5.95. The molecule has 0 aromatic carbocycles. The number of carboxylic acids is 1. The lowest BCUT2D eigenvalue weighted by atomic mass is 10.2. The highest BCUT2D eigenvalue weighted by atomic mass is 16.5. The maximum absolute atomic E-state index is 10.1. The molecule has 0 atom stereocenters. The molecule has 5 nitrogen and oxygen atoms in total. The van der Waals surface area contributed by atoms with Crippen LogP contribution in [0.1, 0.15) is 12.8 Å². The van der Waals surface area contributed by atoms with Crippen LogP contribution in [-0.4, -0.2) is 28.0 Å². The lowest BCUT2D eigenvalue weighted by Gasteiger charge is -2.10. The molecular weight excluding hydrogens is 148 g/mol. The average molecular weight is 158 g/mol. The molecular formula is C6H10N2O3. The fourth-order valence-corrected chi connectivity index (χ4v) is 0.862.